The van der Waals surface area contributed by atoms with Crippen molar-refractivity contribution in [2.45, 2.75) is 142 Å². The van der Waals surface area contributed by atoms with Gasteiger partial charge in [-0.2, -0.15) is 0 Å². The molecule has 15 nitrogen and oxygen atoms in total. The van der Waals surface area contributed by atoms with Gasteiger partial charge in [-0.1, -0.05) is 95.0 Å². The van der Waals surface area contributed by atoms with Crippen molar-refractivity contribution in [1.29, 1.82) is 0 Å². The number of ether oxygens (including phenoxy) is 3. The minimum Gasteiger partial charge on any atom is -0.465 e. The number of carbonyl (C=O) groups excluding carboxylic acids is 7. The maximum absolute atomic E-state index is 14.8. The van der Waals surface area contributed by atoms with E-state index in [4.69, 9.17) is 19.9 Å². The number of nitrogens with two attached hydrogens (primary N) is 1. The van der Waals surface area contributed by atoms with Crippen molar-refractivity contribution in [2.24, 2.45) is 29.4 Å². The standard InChI is InChI=1S/C54H75N5O10/c1-11-16-37(31-59-26-23-40-27-36(7)17-22-44(40)59)30-56-49(63)43(29-45(55)60)57-52(66)54(24-14-13-15-25-54)58-48(62)42(28-46(61)69-53(8,9)10)41(12-2)38-18-20-39(21-19-38)47(50(64)67-32-34(3)4)51(65)68-33-35(5)6/h11-12,17-23,26-27,34-35,37,41-43,47H,1-2,13-16,24-25,28-33H2,3-10H3,(H2,55,60)(H,56,63)(H,57,66)(H,58,62)/t37-,41-,42+,43+/m1/s1. The lowest BCUT2D eigenvalue weighted by Crippen LogP contribution is -2.64. The molecule has 2 aromatic carbocycles. The van der Waals surface area contributed by atoms with E-state index < -0.39 is 89.3 Å². The van der Waals surface area contributed by atoms with E-state index in [-0.39, 0.29) is 50.4 Å². The molecule has 1 aliphatic rings. The van der Waals surface area contributed by atoms with E-state index in [1.807, 2.05) is 52.9 Å². The fourth-order valence-electron chi connectivity index (χ4n) is 8.60. The number of esters is 3. The van der Waals surface area contributed by atoms with Gasteiger partial charge in [0, 0.05) is 30.7 Å². The number of carbonyl (C=O) groups is 7. The number of aryl methyl sites for hydroxylation is 1. The second kappa shape index (κ2) is 25.4. The summed E-state index contributed by atoms with van der Waals surface area (Å²) in [5, 5.41) is 9.80. The smallest absolute Gasteiger partial charge is 0.324 e. The summed E-state index contributed by atoms with van der Waals surface area (Å²) in [6.07, 6.45) is 7.36. The van der Waals surface area contributed by atoms with E-state index in [0.29, 0.717) is 36.9 Å². The molecule has 0 unspecified atom stereocenters. The van der Waals surface area contributed by atoms with Crippen LogP contribution >= 0.6 is 0 Å². The van der Waals surface area contributed by atoms with E-state index in [0.717, 1.165) is 22.9 Å². The van der Waals surface area contributed by atoms with Crippen LogP contribution in [0.4, 0.5) is 0 Å². The molecular weight excluding hydrogens is 879 g/mol. The predicted octanol–water partition coefficient (Wildman–Crippen LogP) is 7.24. The summed E-state index contributed by atoms with van der Waals surface area (Å²) in [4.78, 5) is 96.0. The van der Waals surface area contributed by atoms with Gasteiger partial charge in [0.15, 0.2) is 5.92 Å². The highest BCUT2D eigenvalue weighted by molar-refractivity contribution is 6.01. The van der Waals surface area contributed by atoms with Crippen LogP contribution in [0.3, 0.4) is 0 Å². The van der Waals surface area contributed by atoms with Crippen molar-refractivity contribution in [2.75, 3.05) is 19.8 Å². The van der Waals surface area contributed by atoms with Gasteiger partial charge in [-0.25, -0.2) is 0 Å². The first kappa shape index (κ1) is 55.3. The number of hydrogen-bond donors (Lipinski definition) is 4. The Morgan fingerprint density at radius 3 is 1.99 bits per heavy atom. The summed E-state index contributed by atoms with van der Waals surface area (Å²) >= 11 is 0. The SMILES string of the molecule is C=CC[C@H](CNC(=O)[C@H](CC(N)=O)NC(=O)C1(NC(=O)[C@@H](CC(=O)OC(C)(C)C)[C@H](C=C)c2ccc(C(C(=O)OCC(C)C)C(=O)OCC(C)C)cc2)CCCCC1)Cn1ccc2cc(C)ccc21. The number of benzene rings is 2. The van der Waals surface area contributed by atoms with Crippen molar-refractivity contribution in [3.8, 4) is 0 Å². The second-order valence-corrected chi connectivity index (χ2v) is 20.3. The van der Waals surface area contributed by atoms with Gasteiger partial charge in [0.2, 0.25) is 23.6 Å². The van der Waals surface area contributed by atoms with Crippen molar-refractivity contribution in [3.05, 3.63) is 96.7 Å². The number of allylic oxidation sites excluding steroid dienone is 2. The Morgan fingerprint density at radius 2 is 1.43 bits per heavy atom. The molecular formula is C54H75N5O10. The Bertz CT molecular complexity index is 2260. The maximum atomic E-state index is 14.8. The molecule has 0 bridgehead atoms. The number of hydrogen-bond acceptors (Lipinski definition) is 10. The topological polar surface area (TPSA) is 214 Å². The van der Waals surface area contributed by atoms with Crippen LogP contribution in [0.25, 0.3) is 10.9 Å². The minimum absolute atomic E-state index is 0.0257. The highest BCUT2D eigenvalue weighted by Gasteiger charge is 2.45. The van der Waals surface area contributed by atoms with E-state index >= 15 is 0 Å². The summed E-state index contributed by atoms with van der Waals surface area (Å²) in [5.41, 5.74) is 6.27. The third-order valence-electron chi connectivity index (χ3n) is 12.1. The van der Waals surface area contributed by atoms with Crippen LogP contribution in [0, 0.1) is 30.6 Å². The summed E-state index contributed by atoms with van der Waals surface area (Å²) in [6, 6.07) is 13.3. The highest BCUT2D eigenvalue weighted by atomic mass is 16.6. The Hall–Kier alpha value is -6.25. The van der Waals surface area contributed by atoms with E-state index in [1.54, 1.807) is 51.1 Å². The zero-order chi connectivity index (χ0) is 51.1. The monoisotopic (exact) mass is 954 g/mol. The average molecular weight is 954 g/mol. The molecule has 0 radical (unpaired) electrons. The van der Waals surface area contributed by atoms with Gasteiger partial charge in [-0.05, 0) is 99.4 Å². The minimum atomic E-state index is -1.52. The number of nitrogens with one attached hydrogen (secondary N) is 3. The first-order valence-corrected chi connectivity index (χ1v) is 24.2. The molecule has 0 aliphatic heterocycles. The van der Waals surface area contributed by atoms with E-state index in [2.05, 4.69) is 45.8 Å². The average Bonchev–Trinajstić information content (AvgIpc) is 3.67. The number of amides is 4. The Morgan fingerprint density at radius 1 is 0.826 bits per heavy atom. The van der Waals surface area contributed by atoms with Gasteiger partial charge in [-0.3, -0.25) is 33.6 Å². The molecule has 4 amide bonds. The molecule has 0 spiro atoms. The molecule has 5 N–H and O–H groups in total. The third-order valence-corrected chi connectivity index (χ3v) is 12.1. The molecule has 1 aliphatic carbocycles. The number of nitrogens with zero attached hydrogens (tertiary/aromatic N) is 1. The number of rotatable bonds is 25. The normalized spacial score (nSPS) is 15.3. The van der Waals surface area contributed by atoms with Gasteiger partial charge in [0.25, 0.3) is 0 Å². The largest absolute Gasteiger partial charge is 0.465 e. The van der Waals surface area contributed by atoms with E-state index in [1.165, 1.54) is 6.08 Å². The Labute approximate surface area is 407 Å². The fourth-order valence-corrected chi connectivity index (χ4v) is 8.60. The molecule has 1 saturated carbocycles. The first-order chi connectivity index (χ1) is 32.6. The number of aromatic nitrogens is 1. The lowest BCUT2D eigenvalue weighted by molar-refractivity contribution is -0.159. The second-order valence-electron chi connectivity index (χ2n) is 20.3. The Kier molecular flexibility index (Phi) is 20.4. The molecule has 1 fully saturated rings. The zero-order valence-electron chi connectivity index (χ0n) is 41.9. The molecule has 1 heterocycles. The molecule has 3 aromatic rings. The molecule has 0 saturated heterocycles. The van der Waals surface area contributed by atoms with Crippen LogP contribution in [-0.2, 0) is 54.3 Å². The van der Waals surface area contributed by atoms with Crippen molar-refractivity contribution in [3.63, 3.8) is 0 Å². The molecule has 4 rings (SSSR count). The van der Waals surface area contributed by atoms with Crippen LogP contribution < -0.4 is 21.7 Å². The van der Waals surface area contributed by atoms with Gasteiger partial charge in [0.05, 0.1) is 32.0 Å². The van der Waals surface area contributed by atoms with Gasteiger partial charge < -0.3 is 40.5 Å². The fraction of sp³-hybridized carbons (Fsp3) is 0.537. The molecule has 1 aromatic heterocycles. The number of fused-ring (bicyclic) bond motifs is 1. The maximum Gasteiger partial charge on any atom is 0.324 e. The Balaban J connectivity index is 1.61. The van der Waals surface area contributed by atoms with Gasteiger partial charge >= 0.3 is 17.9 Å². The first-order valence-electron chi connectivity index (χ1n) is 24.2. The number of primary amides is 1. The predicted molar refractivity (Wildman–Crippen MR) is 265 cm³/mol. The zero-order valence-corrected chi connectivity index (χ0v) is 41.9. The lowest BCUT2D eigenvalue weighted by atomic mass is 9.78. The van der Waals surface area contributed by atoms with Crippen LogP contribution in [-0.4, -0.2) is 83.0 Å². The highest BCUT2D eigenvalue weighted by Crippen LogP contribution is 2.35. The van der Waals surface area contributed by atoms with Crippen molar-refractivity contribution in [1.82, 2.24) is 20.5 Å². The van der Waals surface area contributed by atoms with Gasteiger partial charge in [0.1, 0.15) is 17.2 Å². The summed E-state index contributed by atoms with van der Waals surface area (Å²) < 4.78 is 18.8. The van der Waals surface area contributed by atoms with Gasteiger partial charge in [-0.15, -0.1) is 13.2 Å². The summed E-state index contributed by atoms with van der Waals surface area (Å²) in [5.74, 6) is -8.29. The van der Waals surface area contributed by atoms with Crippen molar-refractivity contribution >= 4 is 52.4 Å². The van der Waals surface area contributed by atoms with Crippen LogP contribution in [0.5, 0.6) is 0 Å². The summed E-state index contributed by atoms with van der Waals surface area (Å²) in [7, 11) is 0. The molecule has 15 heteroatoms. The molecule has 69 heavy (non-hydrogen) atoms. The van der Waals surface area contributed by atoms with Crippen LogP contribution in [0.1, 0.15) is 128 Å². The summed E-state index contributed by atoms with van der Waals surface area (Å²) in [6.45, 7) is 23.6. The van der Waals surface area contributed by atoms with Crippen molar-refractivity contribution < 1.29 is 47.8 Å². The molecule has 4 atom stereocenters. The third kappa shape index (κ3) is 16.5. The molecule has 376 valence electrons. The van der Waals surface area contributed by atoms with Crippen LogP contribution in [0.2, 0.25) is 0 Å². The lowest BCUT2D eigenvalue weighted by Gasteiger charge is -2.39. The van der Waals surface area contributed by atoms with E-state index in [9.17, 15) is 33.6 Å². The quantitative estimate of drug-likeness (QED) is 0.0289. The van der Waals surface area contributed by atoms with Crippen LogP contribution in [0.15, 0.2) is 80.0 Å².